The number of fused-ring (bicyclic) bond motifs is 1. The predicted molar refractivity (Wildman–Crippen MR) is 74.5 cm³/mol. The van der Waals surface area contributed by atoms with Crippen LogP contribution in [0.1, 0.15) is 10.7 Å². The fraction of sp³-hybridized carbons (Fsp3) is 0.143. The first-order chi connectivity index (χ1) is 9.24. The second-order valence-electron chi connectivity index (χ2n) is 4.25. The van der Waals surface area contributed by atoms with Crippen LogP contribution in [-0.2, 0) is 17.8 Å². The van der Waals surface area contributed by atoms with E-state index in [9.17, 15) is 4.79 Å². The van der Waals surface area contributed by atoms with Gasteiger partial charge >= 0.3 is 5.97 Å². The Hall–Kier alpha value is -2.14. The Labute approximate surface area is 113 Å². The molecule has 0 aliphatic carbocycles. The molecule has 0 unspecified atom stereocenters. The van der Waals surface area contributed by atoms with E-state index >= 15 is 0 Å². The third kappa shape index (κ3) is 2.37. The van der Waals surface area contributed by atoms with E-state index in [1.54, 1.807) is 15.9 Å². The lowest BCUT2D eigenvalue weighted by Gasteiger charge is -2.05. The largest absolute Gasteiger partial charge is 0.480 e. The van der Waals surface area contributed by atoms with E-state index in [0.717, 1.165) is 16.9 Å². The molecule has 0 saturated carbocycles. The molecule has 3 aromatic rings. The molecule has 0 radical (unpaired) electrons. The highest BCUT2D eigenvalue weighted by Gasteiger charge is 2.13. The number of para-hydroxylation sites is 2. The summed E-state index contributed by atoms with van der Waals surface area (Å²) in [5.41, 5.74) is 1.71. The monoisotopic (exact) mass is 272 g/mol. The molecule has 19 heavy (non-hydrogen) atoms. The van der Waals surface area contributed by atoms with Crippen molar-refractivity contribution in [3.63, 3.8) is 0 Å². The predicted octanol–water partition coefficient (Wildman–Crippen LogP) is 2.77. The van der Waals surface area contributed by atoms with Gasteiger partial charge in [0.2, 0.25) is 0 Å². The van der Waals surface area contributed by atoms with Gasteiger partial charge in [0, 0.05) is 11.3 Å². The molecule has 0 bridgehead atoms. The van der Waals surface area contributed by atoms with Crippen molar-refractivity contribution in [1.29, 1.82) is 0 Å². The molecular formula is C14H12N2O2S. The number of hydrogen-bond donors (Lipinski definition) is 1. The zero-order valence-electron chi connectivity index (χ0n) is 10.1. The summed E-state index contributed by atoms with van der Waals surface area (Å²) in [5.74, 6) is -0.0540. The lowest BCUT2D eigenvalue weighted by Crippen LogP contribution is -2.12. The van der Waals surface area contributed by atoms with Gasteiger partial charge in [-0.2, -0.15) is 0 Å². The van der Waals surface area contributed by atoms with E-state index in [2.05, 4.69) is 4.98 Å². The van der Waals surface area contributed by atoms with Crippen molar-refractivity contribution in [1.82, 2.24) is 9.55 Å². The molecule has 0 fully saturated rings. The van der Waals surface area contributed by atoms with Gasteiger partial charge in [-0.1, -0.05) is 18.2 Å². The van der Waals surface area contributed by atoms with E-state index in [4.69, 9.17) is 5.11 Å². The molecule has 2 heterocycles. The first-order valence-electron chi connectivity index (χ1n) is 5.92. The molecule has 0 saturated heterocycles. The number of thiophene rings is 1. The molecular weight excluding hydrogens is 260 g/mol. The third-order valence-corrected chi connectivity index (χ3v) is 3.82. The van der Waals surface area contributed by atoms with Crippen LogP contribution in [0.3, 0.4) is 0 Å². The summed E-state index contributed by atoms with van der Waals surface area (Å²) < 4.78 is 1.78. The van der Waals surface area contributed by atoms with Crippen LogP contribution in [0.15, 0.2) is 41.8 Å². The zero-order valence-corrected chi connectivity index (χ0v) is 10.9. The molecule has 0 aliphatic heterocycles. The lowest BCUT2D eigenvalue weighted by molar-refractivity contribution is -0.137. The molecule has 5 heteroatoms. The van der Waals surface area contributed by atoms with Gasteiger partial charge in [-0.05, 0) is 23.6 Å². The van der Waals surface area contributed by atoms with E-state index < -0.39 is 5.97 Å². The van der Waals surface area contributed by atoms with Crippen LogP contribution in [0.25, 0.3) is 11.0 Å². The molecule has 0 atom stereocenters. The minimum atomic E-state index is -0.851. The molecule has 0 spiro atoms. The zero-order chi connectivity index (χ0) is 13.2. The average Bonchev–Trinajstić information content (AvgIpc) is 2.99. The van der Waals surface area contributed by atoms with Crippen molar-refractivity contribution < 1.29 is 9.90 Å². The number of aromatic nitrogens is 2. The summed E-state index contributed by atoms with van der Waals surface area (Å²) >= 11 is 1.65. The molecule has 96 valence electrons. The SMILES string of the molecule is O=C(O)Cn1c(Cc2cccs2)nc2ccccc21. The standard InChI is InChI=1S/C14H12N2O2S/c17-14(18)9-16-12-6-2-1-5-11(12)15-13(16)8-10-4-3-7-19-10/h1-7H,8-9H2,(H,17,18). The van der Waals surface area contributed by atoms with Crippen LogP contribution in [0.2, 0.25) is 0 Å². The first kappa shape index (κ1) is 11.9. The van der Waals surface area contributed by atoms with Gasteiger partial charge in [-0.3, -0.25) is 4.79 Å². The van der Waals surface area contributed by atoms with Gasteiger partial charge in [-0.25, -0.2) is 4.98 Å². The molecule has 1 aromatic carbocycles. The Balaban J connectivity index is 2.08. The maximum absolute atomic E-state index is 11.0. The van der Waals surface area contributed by atoms with Crippen molar-refractivity contribution >= 4 is 28.3 Å². The maximum atomic E-state index is 11.0. The lowest BCUT2D eigenvalue weighted by atomic mass is 10.3. The quantitative estimate of drug-likeness (QED) is 0.794. The number of nitrogens with zero attached hydrogens (tertiary/aromatic N) is 2. The van der Waals surface area contributed by atoms with Crippen LogP contribution in [0.4, 0.5) is 0 Å². The van der Waals surface area contributed by atoms with Crippen molar-refractivity contribution in [2.45, 2.75) is 13.0 Å². The van der Waals surface area contributed by atoms with Gasteiger partial charge in [0.1, 0.15) is 12.4 Å². The molecule has 2 aromatic heterocycles. The van der Waals surface area contributed by atoms with E-state index in [1.165, 1.54) is 4.88 Å². The van der Waals surface area contributed by atoms with Crippen molar-refractivity contribution in [3.8, 4) is 0 Å². The maximum Gasteiger partial charge on any atom is 0.323 e. The van der Waals surface area contributed by atoms with Gasteiger partial charge in [0.05, 0.1) is 11.0 Å². The summed E-state index contributed by atoms with van der Waals surface area (Å²) in [5, 5.41) is 11.1. The highest BCUT2D eigenvalue weighted by Crippen LogP contribution is 2.20. The summed E-state index contributed by atoms with van der Waals surface area (Å²) in [6, 6.07) is 11.7. The van der Waals surface area contributed by atoms with E-state index in [-0.39, 0.29) is 6.54 Å². The van der Waals surface area contributed by atoms with Gasteiger partial charge in [0.15, 0.2) is 0 Å². The smallest absolute Gasteiger partial charge is 0.323 e. The number of carbonyl (C=O) groups is 1. The number of rotatable bonds is 4. The second kappa shape index (κ2) is 4.85. The molecule has 3 rings (SSSR count). The Bertz CT molecular complexity index is 716. The minimum absolute atomic E-state index is 0.0543. The van der Waals surface area contributed by atoms with E-state index in [0.29, 0.717) is 6.42 Å². The fourth-order valence-electron chi connectivity index (χ4n) is 2.14. The Morgan fingerprint density at radius 2 is 2.11 bits per heavy atom. The minimum Gasteiger partial charge on any atom is -0.480 e. The topological polar surface area (TPSA) is 55.1 Å². The molecule has 0 amide bonds. The summed E-state index contributed by atoms with van der Waals surface area (Å²) in [4.78, 5) is 16.7. The number of imidazole rings is 1. The number of hydrogen-bond acceptors (Lipinski definition) is 3. The highest BCUT2D eigenvalue weighted by atomic mass is 32.1. The van der Waals surface area contributed by atoms with Crippen LogP contribution < -0.4 is 0 Å². The van der Waals surface area contributed by atoms with Crippen molar-refractivity contribution in [2.75, 3.05) is 0 Å². The number of carboxylic acids is 1. The second-order valence-corrected chi connectivity index (χ2v) is 5.29. The number of aliphatic carboxylic acids is 1. The van der Waals surface area contributed by atoms with Crippen LogP contribution in [0, 0.1) is 0 Å². The Morgan fingerprint density at radius 1 is 1.26 bits per heavy atom. The summed E-state index contributed by atoms with van der Waals surface area (Å²) in [7, 11) is 0. The highest BCUT2D eigenvalue weighted by molar-refractivity contribution is 7.09. The van der Waals surface area contributed by atoms with Crippen LogP contribution in [0.5, 0.6) is 0 Å². The molecule has 0 aliphatic rings. The number of carboxylic acid groups (broad SMARTS) is 1. The molecule has 4 nitrogen and oxygen atoms in total. The van der Waals surface area contributed by atoms with Gasteiger partial charge < -0.3 is 9.67 Å². The van der Waals surface area contributed by atoms with Gasteiger partial charge in [0.25, 0.3) is 0 Å². The van der Waals surface area contributed by atoms with Crippen molar-refractivity contribution in [2.24, 2.45) is 0 Å². The Morgan fingerprint density at radius 3 is 2.84 bits per heavy atom. The van der Waals surface area contributed by atoms with E-state index in [1.807, 2.05) is 41.8 Å². The normalized spacial score (nSPS) is 10.9. The summed E-state index contributed by atoms with van der Waals surface area (Å²) in [6.45, 7) is -0.0543. The van der Waals surface area contributed by atoms with Crippen LogP contribution >= 0.6 is 11.3 Å². The first-order valence-corrected chi connectivity index (χ1v) is 6.80. The van der Waals surface area contributed by atoms with Crippen molar-refractivity contribution in [3.05, 3.63) is 52.5 Å². The fourth-order valence-corrected chi connectivity index (χ4v) is 2.84. The van der Waals surface area contributed by atoms with Crippen LogP contribution in [-0.4, -0.2) is 20.6 Å². The third-order valence-electron chi connectivity index (χ3n) is 2.94. The Kier molecular flexibility index (Phi) is 3.05. The molecule has 1 N–H and O–H groups in total. The summed E-state index contributed by atoms with van der Waals surface area (Å²) in [6.07, 6.45) is 0.666. The van der Waals surface area contributed by atoms with Gasteiger partial charge in [-0.15, -0.1) is 11.3 Å². The number of benzene rings is 1. The average molecular weight is 272 g/mol.